The molecule has 3 aromatic carbocycles. The summed E-state index contributed by atoms with van der Waals surface area (Å²) in [4.78, 5) is 4.96. The van der Waals surface area contributed by atoms with Crippen molar-refractivity contribution in [2.24, 2.45) is 0 Å². The van der Waals surface area contributed by atoms with Gasteiger partial charge in [-0.1, -0.05) is 31.9 Å². The van der Waals surface area contributed by atoms with E-state index in [9.17, 15) is 5.11 Å². The standard InChI is InChI=1S/C30H34ClN3O3/c1-3-5-6-30-33-29(22-7-13-26(14-8-22)36-21-25(35)19-32-4-2)20-34(30)24-11-17-28(18-12-24)37-27-15-9-23(31)10-16-27/h7-18,20,25,32,35H,3-6,19,21H2,1-2H3/t25-/m1/s1. The fourth-order valence-electron chi connectivity index (χ4n) is 3.89. The zero-order valence-electron chi connectivity index (χ0n) is 21.4. The highest BCUT2D eigenvalue weighted by Crippen LogP contribution is 2.27. The summed E-state index contributed by atoms with van der Waals surface area (Å²) in [5.41, 5.74) is 2.95. The van der Waals surface area contributed by atoms with E-state index in [1.54, 1.807) is 0 Å². The van der Waals surface area contributed by atoms with E-state index >= 15 is 0 Å². The average molecular weight is 520 g/mol. The molecule has 1 aromatic heterocycles. The Labute approximate surface area is 223 Å². The Morgan fingerprint density at radius 3 is 2.22 bits per heavy atom. The van der Waals surface area contributed by atoms with Crippen LogP contribution >= 0.6 is 11.6 Å². The van der Waals surface area contributed by atoms with E-state index < -0.39 is 6.10 Å². The molecule has 1 atom stereocenters. The molecule has 6 nitrogen and oxygen atoms in total. The Kier molecular flexibility index (Phi) is 9.60. The second kappa shape index (κ2) is 13.3. The third kappa shape index (κ3) is 7.59. The van der Waals surface area contributed by atoms with E-state index in [1.165, 1.54) is 0 Å². The van der Waals surface area contributed by atoms with Crippen LogP contribution in [0.2, 0.25) is 5.02 Å². The van der Waals surface area contributed by atoms with Gasteiger partial charge in [-0.2, -0.15) is 0 Å². The summed E-state index contributed by atoms with van der Waals surface area (Å²) >= 11 is 5.97. The van der Waals surface area contributed by atoms with Gasteiger partial charge >= 0.3 is 0 Å². The minimum atomic E-state index is -0.542. The summed E-state index contributed by atoms with van der Waals surface area (Å²) < 4.78 is 13.8. The maximum absolute atomic E-state index is 9.97. The monoisotopic (exact) mass is 519 g/mol. The molecule has 194 valence electrons. The van der Waals surface area contributed by atoms with Gasteiger partial charge in [-0.3, -0.25) is 0 Å². The summed E-state index contributed by atoms with van der Waals surface area (Å²) in [6.07, 6.45) is 4.60. The van der Waals surface area contributed by atoms with E-state index in [1.807, 2.05) is 79.7 Å². The van der Waals surface area contributed by atoms with E-state index in [0.717, 1.165) is 65.8 Å². The molecule has 0 saturated carbocycles. The minimum absolute atomic E-state index is 0.250. The molecule has 0 aliphatic rings. The summed E-state index contributed by atoms with van der Waals surface area (Å²) in [6.45, 7) is 5.78. The molecule has 7 heteroatoms. The van der Waals surface area contributed by atoms with Gasteiger partial charge in [-0.05, 0) is 85.8 Å². The highest BCUT2D eigenvalue weighted by Gasteiger charge is 2.12. The summed E-state index contributed by atoms with van der Waals surface area (Å²) in [7, 11) is 0. The largest absolute Gasteiger partial charge is 0.491 e. The van der Waals surface area contributed by atoms with Crippen molar-refractivity contribution in [3.05, 3.63) is 89.8 Å². The molecule has 1 heterocycles. The lowest BCUT2D eigenvalue weighted by Crippen LogP contribution is -2.31. The molecule has 4 rings (SSSR count). The predicted molar refractivity (Wildman–Crippen MR) is 149 cm³/mol. The van der Waals surface area contributed by atoms with Crippen LogP contribution in [0.3, 0.4) is 0 Å². The molecule has 0 radical (unpaired) electrons. The van der Waals surface area contributed by atoms with E-state index in [0.29, 0.717) is 11.6 Å². The maximum atomic E-state index is 9.97. The molecule has 0 spiro atoms. The fourth-order valence-corrected chi connectivity index (χ4v) is 4.02. The van der Waals surface area contributed by atoms with Gasteiger partial charge in [0.15, 0.2) is 0 Å². The molecule has 0 saturated heterocycles. The second-order valence-electron chi connectivity index (χ2n) is 8.86. The molecule has 0 amide bonds. The third-order valence-corrected chi connectivity index (χ3v) is 6.17. The Morgan fingerprint density at radius 2 is 1.57 bits per heavy atom. The lowest BCUT2D eigenvalue weighted by Gasteiger charge is -2.12. The van der Waals surface area contributed by atoms with Crippen molar-refractivity contribution < 1.29 is 14.6 Å². The van der Waals surface area contributed by atoms with Crippen molar-refractivity contribution in [1.29, 1.82) is 0 Å². The Hall–Kier alpha value is -3.32. The van der Waals surface area contributed by atoms with Gasteiger partial charge in [-0.15, -0.1) is 0 Å². The number of aromatic nitrogens is 2. The maximum Gasteiger partial charge on any atom is 0.127 e. The van der Waals surface area contributed by atoms with Crippen molar-refractivity contribution in [2.45, 2.75) is 39.2 Å². The zero-order valence-corrected chi connectivity index (χ0v) is 22.1. The number of nitrogens with one attached hydrogen (secondary N) is 1. The van der Waals surface area contributed by atoms with Crippen molar-refractivity contribution in [3.8, 4) is 34.2 Å². The van der Waals surface area contributed by atoms with Crippen LogP contribution in [-0.2, 0) is 6.42 Å². The molecule has 37 heavy (non-hydrogen) atoms. The van der Waals surface area contributed by atoms with Crippen LogP contribution in [0.5, 0.6) is 17.2 Å². The Balaban J connectivity index is 1.48. The van der Waals surface area contributed by atoms with Crippen molar-refractivity contribution in [2.75, 3.05) is 19.7 Å². The van der Waals surface area contributed by atoms with Crippen LogP contribution in [0.15, 0.2) is 79.0 Å². The van der Waals surface area contributed by atoms with E-state index in [-0.39, 0.29) is 6.61 Å². The highest BCUT2D eigenvalue weighted by molar-refractivity contribution is 6.30. The van der Waals surface area contributed by atoms with Gasteiger partial charge in [0.05, 0.1) is 5.69 Å². The zero-order chi connectivity index (χ0) is 26.0. The minimum Gasteiger partial charge on any atom is -0.491 e. The van der Waals surface area contributed by atoms with E-state index in [4.69, 9.17) is 26.1 Å². The number of aliphatic hydroxyl groups is 1. The molecular formula is C30H34ClN3O3. The smallest absolute Gasteiger partial charge is 0.127 e. The van der Waals surface area contributed by atoms with Crippen LogP contribution < -0.4 is 14.8 Å². The Bertz CT molecular complexity index is 1240. The quantitative estimate of drug-likeness (QED) is 0.206. The number of rotatable bonds is 13. The molecular weight excluding hydrogens is 486 g/mol. The van der Waals surface area contributed by atoms with Gasteiger partial charge in [-0.25, -0.2) is 4.98 Å². The molecule has 0 unspecified atom stereocenters. The highest BCUT2D eigenvalue weighted by atomic mass is 35.5. The van der Waals surface area contributed by atoms with Gasteiger partial charge in [0, 0.05) is 35.4 Å². The number of imidazole rings is 1. The van der Waals surface area contributed by atoms with Gasteiger partial charge < -0.3 is 24.5 Å². The number of benzene rings is 3. The first-order chi connectivity index (χ1) is 18.1. The van der Waals surface area contributed by atoms with Crippen LogP contribution in [0.25, 0.3) is 16.9 Å². The number of unbranched alkanes of at least 4 members (excludes halogenated alkanes) is 1. The van der Waals surface area contributed by atoms with Crippen LogP contribution in [0, 0.1) is 0 Å². The van der Waals surface area contributed by atoms with E-state index in [2.05, 4.69) is 23.0 Å². The normalized spacial score (nSPS) is 11.9. The fraction of sp³-hybridized carbons (Fsp3) is 0.300. The van der Waals surface area contributed by atoms with Crippen LogP contribution in [0.4, 0.5) is 0 Å². The molecule has 0 fully saturated rings. The number of aliphatic hydroxyl groups excluding tert-OH is 1. The predicted octanol–water partition coefficient (Wildman–Crippen LogP) is 6.68. The molecule has 4 aromatic rings. The summed E-state index contributed by atoms with van der Waals surface area (Å²) in [5.74, 6) is 3.24. The number of hydrogen-bond acceptors (Lipinski definition) is 5. The molecule has 2 N–H and O–H groups in total. The Morgan fingerprint density at radius 1 is 0.919 bits per heavy atom. The second-order valence-corrected chi connectivity index (χ2v) is 9.30. The molecule has 0 bridgehead atoms. The van der Waals surface area contributed by atoms with Crippen molar-refractivity contribution >= 4 is 11.6 Å². The number of likely N-dealkylation sites (N-methyl/N-ethyl adjacent to an activating group) is 1. The SMILES string of the molecule is CCCCc1nc(-c2ccc(OC[C@H](O)CNCC)cc2)cn1-c1ccc(Oc2ccc(Cl)cc2)cc1. The number of ether oxygens (including phenoxy) is 2. The average Bonchev–Trinajstić information content (AvgIpc) is 3.35. The first-order valence-electron chi connectivity index (χ1n) is 12.8. The lowest BCUT2D eigenvalue weighted by atomic mass is 10.1. The van der Waals surface area contributed by atoms with Gasteiger partial charge in [0.25, 0.3) is 0 Å². The number of hydrogen-bond donors (Lipinski definition) is 2. The third-order valence-electron chi connectivity index (χ3n) is 5.92. The number of nitrogens with zero attached hydrogens (tertiary/aromatic N) is 2. The first-order valence-corrected chi connectivity index (χ1v) is 13.2. The van der Waals surface area contributed by atoms with Gasteiger partial charge in [0.1, 0.15) is 35.8 Å². The van der Waals surface area contributed by atoms with Crippen molar-refractivity contribution in [3.63, 3.8) is 0 Å². The lowest BCUT2D eigenvalue weighted by molar-refractivity contribution is 0.107. The topological polar surface area (TPSA) is 68.5 Å². The summed E-state index contributed by atoms with van der Waals surface area (Å²) in [5, 5.41) is 13.8. The molecule has 0 aliphatic carbocycles. The summed E-state index contributed by atoms with van der Waals surface area (Å²) in [6, 6.07) is 23.2. The number of halogens is 1. The van der Waals surface area contributed by atoms with Crippen molar-refractivity contribution in [1.82, 2.24) is 14.9 Å². The van der Waals surface area contributed by atoms with Gasteiger partial charge in [0.2, 0.25) is 0 Å². The first kappa shape index (κ1) is 26.7. The van der Waals surface area contributed by atoms with Crippen LogP contribution in [-0.4, -0.2) is 40.5 Å². The molecule has 0 aliphatic heterocycles. The number of aryl methyl sites for hydroxylation is 1. The van der Waals surface area contributed by atoms with Crippen LogP contribution in [0.1, 0.15) is 32.5 Å².